The topological polar surface area (TPSA) is 49.8 Å². The van der Waals surface area contributed by atoms with E-state index in [9.17, 15) is 9.90 Å². The van der Waals surface area contributed by atoms with Gasteiger partial charge in [0.05, 0.1) is 19.6 Å². The van der Waals surface area contributed by atoms with Crippen LogP contribution in [0.2, 0.25) is 0 Å². The van der Waals surface area contributed by atoms with Gasteiger partial charge in [0.2, 0.25) is 0 Å². The van der Waals surface area contributed by atoms with E-state index in [-0.39, 0.29) is 17.4 Å². The number of carboxylic acids is 1. The third-order valence-electron chi connectivity index (χ3n) is 4.96. The maximum absolute atomic E-state index is 11.3. The number of rotatable bonds is 3. The van der Waals surface area contributed by atoms with Gasteiger partial charge in [0.15, 0.2) is 0 Å². The zero-order chi connectivity index (χ0) is 13.2. The third kappa shape index (κ3) is 2.41. The highest BCUT2D eigenvalue weighted by molar-refractivity contribution is 5.68. The van der Waals surface area contributed by atoms with E-state index >= 15 is 0 Å². The first kappa shape index (κ1) is 13.8. The molecule has 1 saturated heterocycles. The van der Waals surface area contributed by atoms with Crippen LogP contribution in [0, 0.1) is 5.41 Å². The van der Waals surface area contributed by atoms with Crippen LogP contribution in [0.3, 0.4) is 0 Å². The van der Waals surface area contributed by atoms with Crippen LogP contribution in [0.25, 0.3) is 0 Å². The SMILES string of the molecule is CC1(C)CCCCC1(CC(=O)O)N1CCOCC1. The Labute approximate surface area is 109 Å². The smallest absolute Gasteiger partial charge is 0.305 e. The number of nitrogens with zero attached hydrogens (tertiary/aromatic N) is 1. The molecule has 1 atom stereocenters. The van der Waals surface area contributed by atoms with E-state index in [0.29, 0.717) is 0 Å². The summed E-state index contributed by atoms with van der Waals surface area (Å²) in [6.45, 7) is 7.69. The highest BCUT2D eigenvalue weighted by atomic mass is 16.5. The second-order valence-electron chi connectivity index (χ2n) is 6.29. The summed E-state index contributed by atoms with van der Waals surface area (Å²) in [4.78, 5) is 13.7. The van der Waals surface area contributed by atoms with Crippen LogP contribution in [0.4, 0.5) is 0 Å². The van der Waals surface area contributed by atoms with Gasteiger partial charge in [0.1, 0.15) is 0 Å². The Morgan fingerprint density at radius 1 is 1.22 bits per heavy atom. The Kier molecular flexibility index (Phi) is 3.97. The molecule has 1 heterocycles. The number of hydrogen-bond acceptors (Lipinski definition) is 3. The predicted molar refractivity (Wildman–Crippen MR) is 69.6 cm³/mol. The lowest BCUT2D eigenvalue weighted by Gasteiger charge is -2.56. The summed E-state index contributed by atoms with van der Waals surface area (Å²) in [5.41, 5.74) is -0.109. The van der Waals surface area contributed by atoms with E-state index in [1.165, 1.54) is 6.42 Å². The first-order valence-corrected chi connectivity index (χ1v) is 7.03. The molecule has 1 N–H and O–H groups in total. The average Bonchev–Trinajstić information content (AvgIpc) is 2.32. The summed E-state index contributed by atoms with van der Waals surface area (Å²) >= 11 is 0. The molecule has 2 rings (SSSR count). The van der Waals surface area contributed by atoms with E-state index < -0.39 is 5.97 Å². The maximum Gasteiger partial charge on any atom is 0.305 e. The molecular formula is C14H25NO3. The van der Waals surface area contributed by atoms with E-state index in [1.54, 1.807) is 0 Å². The van der Waals surface area contributed by atoms with Crippen molar-refractivity contribution in [3.8, 4) is 0 Å². The molecule has 2 aliphatic rings. The fourth-order valence-electron chi connectivity index (χ4n) is 3.82. The van der Waals surface area contributed by atoms with Crippen LogP contribution in [0.5, 0.6) is 0 Å². The van der Waals surface area contributed by atoms with Crippen molar-refractivity contribution < 1.29 is 14.6 Å². The Balaban J connectivity index is 2.28. The lowest BCUT2D eigenvalue weighted by Crippen LogP contribution is -2.63. The van der Waals surface area contributed by atoms with Crippen molar-refractivity contribution in [2.24, 2.45) is 5.41 Å². The molecule has 18 heavy (non-hydrogen) atoms. The molecule has 0 amide bonds. The van der Waals surface area contributed by atoms with E-state index in [4.69, 9.17) is 4.74 Å². The molecule has 0 aromatic carbocycles. The van der Waals surface area contributed by atoms with Gasteiger partial charge in [-0.15, -0.1) is 0 Å². The molecule has 1 aliphatic carbocycles. The highest BCUT2D eigenvalue weighted by Gasteiger charge is 2.51. The Morgan fingerprint density at radius 3 is 2.39 bits per heavy atom. The van der Waals surface area contributed by atoms with E-state index in [0.717, 1.165) is 45.6 Å². The normalized spacial score (nSPS) is 33.2. The van der Waals surface area contributed by atoms with Crippen LogP contribution in [-0.4, -0.2) is 47.8 Å². The first-order chi connectivity index (χ1) is 8.48. The molecule has 1 aliphatic heterocycles. The fourth-order valence-corrected chi connectivity index (χ4v) is 3.82. The number of carbonyl (C=O) groups is 1. The van der Waals surface area contributed by atoms with Gasteiger partial charge in [0.25, 0.3) is 0 Å². The number of carboxylic acid groups (broad SMARTS) is 1. The summed E-state index contributed by atoms with van der Waals surface area (Å²) in [5.74, 6) is -0.670. The molecule has 0 bridgehead atoms. The number of hydrogen-bond donors (Lipinski definition) is 1. The predicted octanol–water partition coefficient (Wildman–Crippen LogP) is 2.13. The van der Waals surface area contributed by atoms with Crippen LogP contribution in [0.15, 0.2) is 0 Å². The Morgan fingerprint density at radius 2 is 1.83 bits per heavy atom. The second kappa shape index (κ2) is 5.17. The zero-order valence-corrected chi connectivity index (χ0v) is 11.6. The van der Waals surface area contributed by atoms with Crippen LogP contribution in [0.1, 0.15) is 46.0 Å². The van der Waals surface area contributed by atoms with Crippen molar-refractivity contribution >= 4 is 5.97 Å². The summed E-state index contributed by atoms with van der Waals surface area (Å²) in [6, 6.07) is 0. The zero-order valence-electron chi connectivity index (χ0n) is 11.6. The maximum atomic E-state index is 11.3. The Hall–Kier alpha value is -0.610. The molecule has 1 saturated carbocycles. The largest absolute Gasteiger partial charge is 0.481 e. The molecule has 1 unspecified atom stereocenters. The van der Waals surface area contributed by atoms with Gasteiger partial charge in [-0.1, -0.05) is 26.7 Å². The van der Waals surface area contributed by atoms with Gasteiger partial charge in [-0.2, -0.15) is 0 Å². The number of ether oxygens (including phenoxy) is 1. The minimum atomic E-state index is -0.670. The van der Waals surface area contributed by atoms with Gasteiger partial charge in [-0.25, -0.2) is 0 Å². The van der Waals surface area contributed by atoms with Crippen molar-refractivity contribution in [3.63, 3.8) is 0 Å². The van der Waals surface area contributed by atoms with E-state index in [1.807, 2.05) is 0 Å². The molecule has 4 nitrogen and oxygen atoms in total. The van der Waals surface area contributed by atoms with Crippen molar-refractivity contribution in [1.29, 1.82) is 0 Å². The van der Waals surface area contributed by atoms with Gasteiger partial charge < -0.3 is 9.84 Å². The number of aliphatic carboxylic acids is 1. The third-order valence-corrected chi connectivity index (χ3v) is 4.96. The molecule has 0 spiro atoms. The molecule has 104 valence electrons. The monoisotopic (exact) mass is 255 g/mol. The van der Waals surface area contributed by atoms with Crippen molar-refractivity contribution in [2.75, 3.05) is 26.3 Å². The van der Waals surface area contributed by atoms with Crippen molar-refractivity contribution in [2.45, 2.75) is 51.5 Å². The van der Waals surface area contributed by atoms with Crippen LogP contribution < -0.4 is 0 Å². The second-order valence-corrected chi connectivity index (χ2v) is 6.29. The van der Waals surface area contributed by atoms with Gasteiger partial charge >= 0.3 is 5.97 Å². The Bertz CT molecular complexity index is 310. The van der Waals surface area contributed by atoms with Crippen molar-refractivity contribution in [1.82, 2.24) is 4.90 Å². The molecule has 4 heteroatoms. The standard InChI is InChI=1S/C14H25NO3/c1-13(2)5-3-4-6-14(13,11-12(16)17)15-7-9-18-10-8-15/h3-11H2,1-2H3,(H,16,17). The van der Waals surface area contributed by atoms with Gasteiger partial charge in [-0.05, 0) is 18.3 Å². The lowest BCUT2D eigenvalue weighted by atomic mass is 9.60. The molecule has 2 fully saturated rings. The lowest BCUT2D eigenvalue weighted by molar-refractivity contribution is -0.150. The summed E-state index contributed by atoms with van der Waals surface area (Å²) in [6.07, 6.45) is 4.76. The first-order valence-electron chi connectivity index (χ1n) is 7.03. The van der Waals surface area contributed by atoms with E-state index in [2.05, 4.69) is 18.7 Å². The summed E-state index contributed by atoms with van der Waals surface area (Å²) in [5, 5.41) is 9.34. The molecule has 0 radical (unpaired) electrons. The summed E-state index contributed by atoms with van der Waals surface area (Å²) in [7, 11) is 0. The fraction of sp³-hybridized carbons (Fsp3) is 0.929. The summed E-state index contributed by atoms with van der Waals surface area (Å²) < 4.78 is 5.42. The van der Waals surface area contributed by atoms with Crippen LogP contribution in [-0.2, 0) is 9.53 Å². The molecular weight excluding hydrogens is 230 g/mol. The van der Waals surface area contributed by atoms with Gasteiger partial charge in [0, 0.05) is 18.6 Å². The number of morpholine rings is 1. The molecule has 0 aromatic heterocycles. The highest BCUT2D eigenvalue weighted by Crippen LogP contribution is 2.49. The quantitative estimate of drug-likeness (QED) is 0.839. The van der Waals surface area contributed by atoms with Crippen molar-refractivity contribution in [3.05, 3.63) is 0 Å². The van der Waals surface area contributed by atoms with Crippen LogP contribution >= 0.6 is 0 Å². The van der Waals surface area contributed by atoms with Gasteiger partial charge in [-0.3, -0.25) is 9.69 Å². The minimum Gasteiger partial charge on any atom is -0.481 e. The minimum absolute atomic E-state index is 0.0704. The molecule has 0 aromatic rings. The average molecular weight is 255 g/mol.